The zero-order chi connectivity index (χ0) is 13.2. The molecular weight excluding hydrogens is 242 g/mol. The lowest BCUT2D eigenvalue weighted by molar-refractivity contribution is -0.139. The number of anilines is 1. The van der Waals surface area contributed by atoms with E-state index in [0.29, 0.717) is 11.8 Å². The van der Waals surface area contributed by atoms with Gasteiger partial charge in [-0.05, 0) is 43.2 Å². The molecule has 102 valence electrons. The maximum absolute atomic E-state index is 10.6. The normalized spacial score (nSPS) is 28.3. The van der Waals surface area contributed by atoms with Crippen LogP contribution in [-0.4, -0.2) is 23.7 Å². The number of benzene rings is 1. The third-order valence-electron chi connectivity index (χ3n) is 4.32. The summed E-state index contributed by atoms with van der Waals surface area (Å²) >= 11 is 0. The van der Waals surface area contributed by atoms with E-state index >= 15 is 0 Å². The molecule has 2 N–H and O–H groups in total. The molecule has 4 heteroatoms. The van der Waals surface area contributed by atoms with Gasteiger partial charge in [-0.15, -0.1) is 0 Å². The van der Waals surface area contributed by atoms with E-state index in [1.165, 1.54) is 25.7 Å². The van der Waals surface area contributed by atoms with E-state index in [9.17, 15) is 4.79 Å². The monoisotopic (exact) mass is 261 g/mol. The third kappa shape index (κ3) is 2.67. The van der Waals surface area contributed by atoms with Crippen molar-refractivity contribution in [2.45, 2.75) is 31.7 Å². The first-order valence-electron chi connectivity index (χ1n) is 6.92. The molecule has 0 radical (unpaired) electrons. The molecule has 1 aromatic rings. The Labute approximate surface area is 112 Å². The smallest absolute Gasteiger partial charge is 0.341 e. The van der Waals surface area contributed by atoms with E-state index in [-0.39, 0.29) is 6.61 Å². The summed E-state index contributed by atoms with van der Waals surface area (Å²) in [5, 5.41) is 12.2. The summed E-state index contributed by atoms with van der Waals surface area (Å²) in [6, 6.07) is 8.11. The van der Waals surface area contributed by atoms with Gasteiger partial charge in [0.15, 0.2) is 6.61 Å². The van der Waals surface area contributed by atoms with Crippen LogP contribution in [0.25, 0.3) is 0 Å². The summed E-state index contributed by atoms with van der Waals surface area (Å²) in [5.74, 6) is 1.34. The molecule has 2 bridgehead atoms. The Balaban J connectivity index is 1.68. The van der Waals surface area contributed by atoms with Crippen LogP contribution < -0.4 is 10.1 Å². The molecular formula is C15H19NO3. The zero-order valence-corrected chi connectivity index (χ0v) is 10.8. The Morgan fingerprint density at radius 1 is 1.32 bits per heavy atom. The first kappa shape index (κ1) is 12.3. The maximum Gasteiger partial charge on any atom is 0.341 e. The van der Waals surface area contributed by atoms with Crippen LogP contribution in [-0.2, 0) is 4.79 Å². The number of rotatable bonds is 5. The predicted molar refractivity (Wildman–Crippen MR) is 72.4 cm³/mol. The van der Waals surface area contributed by atoms with Gasteiger partial charge in [0.2, 0.25) is 0 Å². The molecule has 3 unspecified atom stereocenters. The van der Waals surface area contributed by atoms with Crippen LogP contribution in [0.2, 0.25) is 0 Å². The fourth-order valence-electron chi connectivity index (χ4n) is 3.47. The Morgan fingerprint density at radius 3 is 2.84 bits per heavy atom. The Hall–Kier alpha value is -1.71. The van der Waals surface area contributed by atoms with Gasteiger partial charge in [0.05, 0.1) is 5.69 Å². The molecule has 0 aromatic heterocycles. The highest BCUT2D eigenvalue weighted by molar-refractivity contribution is 5.69. The van der Waals surface area contributed by atoms with Gasteiger partial charge < -0.3 is 15.2 Å². The third-order valence-corrected chi connectivity index (χ3v) is 4.32. The number of carboxylic acids is 1. The number of carboxylic acid groups (broad SMARTS) is 1. The topological polar surface area (TPSA) is 58.6 Å². The van der Waals surface area contributed by atoms with E-state index in [2.05, 4.69) is 5.32 Å². The van der Waals surface area contributed by atoms with Crippen molar-refractivity contribution in [3.8, 4) is 5.75 Å². The zero-order valence-electron chi connectivity index (χ0n) is 10.8. The molecule has 0 saturated heterocycles. The maximum atomic E-state index is 10.6. The van der Waals surface area contributed by atoms with Crippen LogP contribution in [0.1, 0.15) is 25.7 Å². The van der Waals surface area contributed by atoms with E-state index in [1.54, 1.807) is 0 Å². The van der Waals surface area contributed by atoms with E-state index in [4.69, 9.17) is 9.84 Å². The number of hydrogen-bond donors (Lipinski definition) is 2. The molecule has 2 aliphatic carbocycles. The summed E-state index contributed by atoms with van der Waals surface area (Å²) in [5.41, 5.74) is 0.918. The van der Waals surface area contributed by atoms with Crippen molar-refractivity contribution in [2.75, 3.05) is 11.9 Å². The van der Waals surface area contributed by atoms with Crippen LogP contribution in [0.15, 0.2) is 24.3 Å². The molecule has 2 fully saturated rings. The van der Waals surface area contributed by atoms with E-state index < -0.39 is 5.97 Å². The second-order valence-corrected chi connectivity index (χ2v) is 5.60. The number of para-hydroxylation sites is 2. The second-order valence-electron chi connectivity index (χ2n) is 5.60. The number of carbonyl (C=O) groups is 1. The second kappa shape index (κ2) is 5.11. The van der Waals surface area contributed by atoms with Crippen molar-refractivity contribution in [3.63, 3.8) is 0 Å². The molecule has 0 aliphatic heterocycles. The van der Waals surface area contributed by atoms with Gasteiger partial charge >= 0.3 is 5.97 Å². The first-order valence-corrected chi connectivity index (χ1v) is 6.92. The number of hydrogen-bond acceptors (Lipinski definition) is 3. The van der Waals surface area contributed by atoms with Crippen molar-refractivity contribution in [1.82, 2.24) is 0 Å². The molecule has 3 rings (SSSR count). The number of nitrogens with one attached hydrogen (secondary N) is 1. The standard InChI is InChI=1S/C15H19NO3/c17-15(18)9-19-14-4-2-1-3-12(14)16-13-8-10-5-6-11(13)7-10/h1-4,10-11,13,16H,5-9H2,(H,17,18). The van der Waals surface area contributed by atoms with Crippen molar-refractivity contribution >= 4 is 11.7 Å². The minimum absolute atomic E-state index is 0.296. The van der Waals surface area contributed by atoms with Crippen LogP contribution >= 0.6 is 0 Å². The van der Waals surface area contributed by atoms with E-state index in [0.717, 1.165) is 17.5 Å². The molecule has 3 atom stereocenters. The fourth-order valence-corrected chi connectivity index (χ4v) is 3.47. The number of ether oxygens (including phenoxy) is 1. The molecule has 2 aliphatic rings. The van der Waals surface area contributed by atoms with Crippen molar-refractivity contribution in [1.29, 1.82) is 0 Å². The van der Waals surface area contributed by atoms with Crippen LogP contribution in [0.3, 0.4) is 0 Å². The van der Waals surface area contributed by atoms with Crippen molar-refractivity contribution in [2.24, 2.45) is 11.8 Å². The van der Waals surface area contributed by atoms with Gasteiger partial charge in [0, 0.05) is 6.04 Å². The van der Waals surface area contributed by atoms with Gasteiger partial charge in [-0.3, -0.25) is 0 Å². The lowest BCUT2D eigenvalue weighted by Gasteiger charge is -2.25. The number of aliphatic carboxylic acids is 1. The average Bonchev–Trinajstić information content (AvgIpc) is 3.00. The summed E-state index contributed by atoms with van der Waals surface area (Å²) < 4.78 is 5.33. The first-order chi connectivity index (χ1) is 9.22. The average molecular weight is 261 g/mol. The van der Waals surface area contributed by atoms with Crippen molar-refractivity contribution < 1.29 is 14.6 Å². The van der Waals surface area contributed by atoms with Crippen LogP contribution in [0, 0.1) is 11.8 Å². The van der Waals surface area contributed by atoms with Gasteiger partial charge in [0.25, 0.3) is 0 Å². The molecule has 0 heterocycles. The highest BCUT2D eigenvalue weighted by Gasteiger charge is 2.39. The van der Waals surface area contributed by atoms with Crippen LogP contribution in [0.4, 0.5) is 5.69 Å². The Bertz CT molecular complexity index is 474. The summed E-state index contributed by atoms with van der Waals surface area (Å²) in [7, 11) is 0. The Morgan fingerprint density at radius 2 is 2.16 bits per heavy atom. The summed E-state index contributed by atoms with van der Waals surface area (Å²) in [4.78, 5) is 10.6. The lowest BCUT2D eigenvalue weighted by atomic mass is 9.95. The molecule has 0 spiro atoms. The molecule has 19 heavy (non-hydrogen) atoms. The van der Waals surface area contributed by atoms with Gasteiger partial charge in [-0.2, -0.15) is 0 Å². The molecule has 2 saturated carbocycles. The van der Waals surface area contributed by atoms with E-state index in [1.807, 2.05) is 24.3 Å². The molecule has 1 aromatic carbocycles. The minimum atomic E-state index is -0.949. The fraction of sp³-hybridized carbons (Fsp3) is 0.533. The lowest BCUT2D eigenvalue weighted by Crippen LogP contribution is -2.26. The highest BCUT2D eigenvalue weighted by Crippen LogP contribution is 2.46. The quantitative estimate of drug-likeness (QED) is 0.855. The van der Waals surface area contributed by atoms with Gasteiger partial charge in [-0.1, -0.05) is 18.6 Å². The minimum Gasteiger partial charge on any atom is -0.480 e. The van der Waals surface area contributed by atoms with Gasteiger partial charge in [-0.25, -0.2) is 4.79 Å². The predicted octanol–water partition coefficient (Wildman–Crippen LogP) is 2.75. The summed E-state index contributed by atoms with van der Waals surface area (Å²) in [6.07, 6.45) is 5.27. The number of fused-ring (bicyclic) bond motifs is 2. The molecule has 4 nitrogen and oxygen atoms in total. The van der Waals surface area contributed by atoms with Gasteiger partial charge in [0.1, 0.15) is 5.75 Å². The summed E-state index contributed by atoms with van der Waals surface area (Å²) in [6.45, 7) is -0.296. The Kier molecular flexibility index (Phi) is 3.32. The highest BCUT2D eigenvalue weighted by atomic mass is 16.5. The molecule has 0 amide bonds. The SMILES string of the molecule is O=C(O)COc1ccccc1NC1CC2CCC1C2. The van der Waals surface area contributed by atoms with Crippen LogP contribution in [0.5, 0.6) is 5.75 Å². The largest absolute Gasteiger partial charge is 0.480 e. The van der Waals surface area contributed by atoms with Crippen molar-refractivity contribution in [3.05, 3.63) is 24.3 Å².